The molecule has 0 spiro atoms. The number of fused-ring (bicyclic) bond motifs is 8. The Kier molecular flexibility index (Phi) is 5.94. The molecule has 0 unspecified atom stereocenters. The van der Waals surface area contributed by atoms with E-state index in [1.165, 1.54) is 81.5 Å². The van der Waals surface area contributed by atoms with Crippen LogP contribution in [0.5, 0.6) is 0 Å². The van der Waals surface area contributed by atoms with Gasteiger partial charge in [0.1, 0.15) is 0 Å². The highest BCUT2D eigenvalue weighted by atomic mass is 14.7. The van der Waals surface area contributed by atoms with Crippen LogP contribution in [0.4, 0.5) is 0 Å². The van der Waals surface area contributed by atoms with Gasteiger partial charge in [0.2, 0.25) is 0 Å². The minimum absolute atomic E-state index is 1.02. The van der Waals surface area contributed by atoms with Gasteiger partial charge in [-0.2, -0.15) is 0 Å². The lowest BCUT2D eigenvalue weighted by Crippen LogP contribution is -1.92. The topological polar surface area (TPSA) is 12.9 Å². The summed E-state index contributed by atoms with van der Waals surface area (Å²) in [7, 11) is 0. The second-order valence-corrected chi connectivity index (χ2v) is 12.7. The second-order valence-electron chi connectivity index (χ2n) is 12.7. The molecule has 0 radical (unpaired) electrons. The number of benzene rings is 9. The third kappa shape index (κ3) is 4.08. The van der Waals surface area contributed by atoms with Crippen molar-refractivity contribution in [2.45, 2.75) is 0 Å². The first-order valence-electron chi connectivity index (χ1n) is 16.6. The lowest BCUT2D eigenvalue weighted by Gasteiger charge is -2.18. The first-order chi connectivity index (χ1) is 23.8. The van der Waals surface area contributed by atoms with E-state index in [9.17, 15) is 0 Å². The molecule has 0 amide bonds. The minimum Gasteiger partial charge on any atom is -0.247 e. The van der Waals surface area contributed by atoms with Gasteiger partial charge in [0.15, 0.2) is 0 Å². The minimum atomic E-state index is 1.02. The molecule has 0 saturated heterocycles. The van der Waals surface area contributed by atoms with Crippen LogP contribution in [-0.2, 0) is 0 Å². The molecule has 0 aliphatic rings. The number of nitrogens with zero attached hydrogens (tertiary/aromatic N) is 1. The van der Waals surface area contributed by atoms with E-state index < -0.39 is 0 Å². The van der Waals surface area contributed by atoms with Gasteiger partial charge in [-0.3, -0.25) is 0 Å². The maximum absolute atomic E-state index is 5.25. The first-order valence-corrected chi connectivity index (χ1v) is 16.6. The van der Waals surface area contributed by atoms with Gasteiger partial charge in [-0.15, -0.1) is 0 Å². The van der Waals surface area contributed by atoms with Crippen LogP contribution in [-0.4, -0.2) is 4.98 Å². The van der Waals surface area contributed by atoms with E-state index in [4.69, 9.17) is 4.98 Å². The summed E-state index contributed by atoms with van der Waals surface area (Å²) in [6, 6.07) is 63.9. The molecule has 1 aromatic heterocycles. The Labute approximate surface area is 278 Å². The summed E-state index contributed by atoms with van der Waals surface area (Å²) in [6.07, 6.45) is 0. The Hall–Kier alpha value is -6.31. The number of rotatable bonds is 3. The summed E-state index contributed by atoms with van der Waals surface area (Å²) in [4.78, 5) is 5.25. The fourth-order valence-corrected chi connectivity index (χ4v) is 7.83. The maximum Gasteiger partial charge on any atom is 0.0788 e. The highest BCUT2D eigenvalue weighted by Crippen LogP contribution is 2.45. The average molecular weight is 608 g/mol. The van der Waals surface area contributed by atoms with E-state index in [1.54, 1.807) is 0 Å². The van der Waals surface area contributed by atoms with Crippen molar-refractivity contribution in [1.82, 2.24) is 4.98 Å². The average Bonchev–Trinajstić information content (AvgIpc) is 3.16. The van der Waals surface area contributed by atoms with Crippen molar-refractivity contribution >= 4 is 64.8 Å². The molecule has 0 saturated carbocycles. The van der Waals surface area contributed by atoms with Crippen LogP contribution in [0.3, 0.4) is 0 Å². The molecule has 0 bridgehead atoms. The molecule has 0 fully saturated rings. The Morgan fingerprint density at radius 3 is 1.46 bits per heavy atom. The molecule has 10 rings (SSSR count). The standard InChI is InChI=1S/C47H29N/c1-2-13-34-29-35(26-21-30(34)11-1)45-39-17-7-5-15-37(39)44(38-16-6-8-18-40(38)45)32-22-24-33(25-23-32)47-42-28-27-31-12-3-4-14-36(31)46(42)41-19-9-10-20-43(41)48-47/h1-29H. The number of hydrogen-bond acceptors (Lipinski definition) is 1. The molecule has 1 heteroatoms. The zero-order valence-electron chi connectivity index (χ0n) is 26.2. The summed E-state index contributed by atoms with van der Waals surface area (Å²) in [5.74, 6) is 0. The Morgan fingerprint density at radius 2 is 0.771 bits per heavy atom. The lowest BCUT2D eigenvalue weighted by molar-refractivity contribution is 1.43. The van der Waals surface area contributed by atoms with Gasteiger partial charge in [-0.25, -0.2) is 4.98 Å². The van der Waals surface area contributed by atoms with Crippen LogP contribution in [0.1, 0.15) is 0 Å². The third-order valence-electron chi connectivity index (χ3n) is 10.0. The highest BCUT2D eigenvalue weighted by molar-refractivity contribution is 6.23. The van der Waals surface area contributed by atoms with E-state index in [1.807, 2.05) is 0 Å². The maximum atomic E-state index is 5.25. The van der Waals surface area contributed by atoms with Gasteiger partial charge in [-0.05, 0) is 77.5 Å². The predicted molar refractivity (Wildman–Crippen MR) is 206 cm³/mol. The summed E-state index contributed by atoms with van der Waals surface area (Å²) in [6.45, 7) is 0. The highest BCUT2D eigenvalue weighted by Gasteiger charge is 2.18. The van der Waals surface area contributed by atoms with Crippen molar-refractivity contribution in [3.8, 4) is 33.5 Å². The largest absolute Gasteiger partial charge is 0.247 e. The zero-order valence-corrected chi connectivity index (χ0v) is 26.2. The van der Waals surface area contributed by atoms with Gasteiger partial charge >= 0.3 is 0 Å². The van der Waals surface area contributed by atoms with Crippen LogP contribution in [0.25, 0.3) is 98.3 Å². The molecular formula is C47H29N. The fraction of sp³-hybridized carbons (Fsp3) is 0. The molecule has 0 atom stereocenters. The van der Waals surface area contributed by atoms with E-state index in [-0.39, 0.29) is 0 Å². The van der Waals surface area contributed by atoms with E-state index in [2.05, 4.69) is 176 Å². The van der Waals surface area contributed by atoms with Gasteiger partial charge < -0.3 is 0 Å². The van der Waals surface area contributed by atoms with E-state index in [0.717, 1.165) is 16.8 Å². The smallest absolute Gasteiger partial charge is 0.0788 e. The van der Waals surface area contributed by atoms with Gasteiger partial charge in [0, 0.05) is 21.7 Å². The molecule has 0 aliphatic heterocycles. The van der Waals surface area contributed by atoms with Crippen LogP contribution in [0.15, 0.2) is 176 Å². The summed E-state index contributed by atoms with van der Waals surface area (Å²) in [5, 5.41) is 13.7. The van der Waals surface area contributed by atoms with Crippen LogP contribution >= 0.6 is 0 Å². The van der Waals surface area contributed by atoms with Crippen LogP contribution in [0, 0.1) is 0 Å². The Morgan fingerprint density at radius 1 is 0.292 bits per heavy atom. The van der Waals surface area contributed by atoms with Gasteiger partial charge in [0.25, 0.3) is 0 Å². The van der Waals surface area contributed by atoms with E-state index in [0.29, 0.717) is 0 Å². The van der Waals surface area contributed by atoms with Crippen LogP contribution in [0.2, 0.25) is 0 Å². The summed E-state index contributed by atoms with van der Waals surface area (Å²) in [5.41, 5.74) is 8.14. The second kappa shape index (κ2) is 10.6. The number of pyridine rings is 1. The van der Waals surface area contributed by atoms with Crippen molar-refractivity contribution in [2.75, 3.05) is 0 Å². The van der Waals surface area contributed by atoms with E-state index >= 15 is 0 Å². The number of para-hydroxylation sites is 1. The molecule has 48 heavy (non-hydrogen) atoms. The van der Waals surface area contributed by atoms with Crippen molar-refractivity contribution in [3.05, 3.63) is 176 Å². The molecule has 9 aromatic carbocycles. The number of aromatic nitrogens is 1. The number of hydrogen-bond donors (Lipinski definition) is 0. The predicted octanol–water partition coefficient (Wildman–Crippen LogP) is 13.0. The monoisotopic (exact) mass is 607 g/mol. The zero-order chi connectivity index (χ0) is 31.6. The molecule has 222 valence electrons. The molecule has 0 aliphatic carbocycles. The van der Waals surface area contributed by atoms with Gasteiger partial charge in [-0.1, -0.05) is 164 Å². The fourth-order valence-electron chi connectivity index (χ4n) is 7.83. The summed E-state index contributed by atoms with van der Waals surface area (Å²) < 4.78 is 0. The quantitative estimate of drug-likeness (QED) is 0.144. The van der Waals surface area contributed by atoms with Crippen molar-refractivity contribution < 1.29 is 0 Å². The SMILES string of the molecule is c1ccc2cc(-c3c4ccccc4c(-c4ccc(-c5nc6ccccc6c6c5ccc5ccccc56)cc4)c4ccccc34)ccc2c1. The lowest BCUT2D eigenvalue weighted by atomic mass is 9.85. The molecule has 1 nitrogen and oxygen atoms in total. The third-order valence-corrected chi connectivity index (χ3v) is 10.0. The molecular weight excluding hydrogens is 579 g/mol. The van der Waals surface area contributed by atoms with Crippen molar-refractivity contribution in [2.24, 2.45) is 0 Å². The first kappa shape index (κ1) is 26.9. The Balaban J connectivity index is 1.19. The summed E-state index contributed by atoms with van der Waals surface area (Å²) >= 11 is 0. The van der Waals surface area contributed by atoms with Crippen molar-refractivity contribution in [3.63, 3.8) is 0 Å². The van der Waals surface area contributed by atoms with Gasteiger partial charge in [0.05, 0.1) is 11.2 Å². The van der Waals surface area contributed by atoms with Crippen molar-refractivity contribution in [1.29, 1.82) is 0 Å². The molecule has 0 N–H and O–H groups in total. The Bertz CT molecular complexity index is 2810. The normalized spacial score (nSPS) is 11.8. The molecule has 1 heterocycles. The van der Waals surface area contributed by atoms with Crippen LogP contribution < -0.4 is 0 Å². The molecule has 10 aromatic rings.